The zero-order valence-corrected chi connectivity index (χ0v) is 7.59. The fourth-order valence-corrected chi connectivity index (χ4v) is 1.31. The molecule has 2 nitrogen and oxygen atoms in total. The van der Waals surface area contributed by atoms with Crippen LogP contribution in [0.15, 0.2) is 12.1 Å². The quantitative estimate of drug-likeness (QED) is 0.654. The van der Waals surface area contributed by atoms with E-state index in [1.807, 2.05) is 0 Å². The highest BCUT2D eigenvalue weighted by Gasteiger charge is 2.19. The molecular formula is C10H12FNO. The monoisotopic (exact) mass is 181 g/mol. The van der Waals surface area contributed by atoms with Crippen molar-refractivity contribution in [2.75, 3.05) is 0 Å². The number of ether oxygens (including phenoxy) is 1. The second-order valence-electron chi connectivity index (χ2n) is 3.39. The third-order valence-electron chi connectivity index (χ3n) is 2.35. The van der Waals surface area contributed by atoms with Crippen molar-refractivity contribution < 1.29 is 9.13 Å². The van der Waals surface area contributed by atoms with Gasteiger partial charge in [-0.1, -0.05) is 0 Å². The summed E-state index contributed by atoms with van der Waals surface area (Å²) in [6.07, 6.45) is 3.78. The Morgan fingerprint density at radius 2 is 2.23 bits per heavy atom. The minimum Gasteiger partial charge on any atom is -0.489 e. The van der Waals surface area contributed by atoms with E-state index in [0.717, 1.165) is 12.8 Å². The van der Waals surface area contributed by atoms with Crippen LogP contribution in [-0.4, -0.2) is 11.1 Å². The van der Waals surface area contributed by atoms with E-state index in [0.29, 0.717) is 17.5 Å². The Hall–Kier alpha value is -1.12. The highest BCUT2D eigenvalue weighted by molar-refractivity contribution is 5.26. The van der Waals surface area contributed by atoms with E-state index in [1.165, 1.54) is 12.5 Å². The van der Waals surface area contributed by atoms with E-state index in [9.17, 15) is 4.39 Å². The molecule has 13 heavy (non-hydrogen) atoms. The van der Waals surface area contributed by atoms with E-state index in [4.69, 9.17) is 4.74 Å². The highest BCUT2D eigenvalue weighted by atomic mass is 19.1. The summed E-state index contributed by atoms with van der Waals surface area (Å²) in [5.41, 5.74) is 0.631. The van der Waals surface area contributed by atoms with Crippen LogP contribution in [0.5, 0.6) is 5.75 Å². The van der Waals surface area contributed by atoms with Crippen LogP contribution in [0, 0.1) is 12.9 Å². The molecule has 1 saturated carbocycles. The van der Waals surface area contributed by atoms with Crippen molar-refractivity contribution in [2.45, 2.75) is 32.3 Å². The second-order valence-corrected chi connectivity index (χ2v) is 3.39. The van der Waals surface area contributed by atoms with Gasteiger partial charge in [0.1, 0.15) is 5.75 Å². The van der Waals surface area contributed by atoms with Crippen molar-refractivity contribution in [2.24, 2.45) is 0 Å². The van der Waals surface area contributed by atoms with Gasteiger partial charge in [0.15, 0.2) is 0 Å². The molecule has 0 amide bonds. The molecule has 1 aliphatic rings. The number of rotatable bonds is 2. The number of hydrogen-bond acceptors (Lipinski definition) is 2. The molecule has 1 aliphatic carbocycles. The maximum Gasteiger partial charge on any atom is 0.213 e. The van der Waals surface area contributed by atoms with E-state index >= 15 is 0 Å². The molecular weight excluding hydrogens is 169 g/mol. The predicted molar refractivity (Wildman–Crippen MR) is 47.2 cm³/mol. The maximum atomic E-state index is 12.6. The average Bonchev–Trinajstić information content (AvgIpc) is 1.99. The van der Waals surface area contributed by atoms with Crippen LogP contribution in [0.3, 0.4) is 0 Å². The Bertz CT molecular complexity index is 310. The van der Waals surface area contributed by atoms with Gasteiger partial charge in [-0.05, 0) is 38.3 Å². The Kier molecular flexibility index (Phi) is 2.17. The lowest BCUT2D eigenvalue weighted by Gasteiger charge is -2.26. The third kappa shape index (κ3) is 1.79. The number of halogens is 1. The maximum absolute atomic E-state index is 12.6. The van der Waals surface area contributed by atoms with Gasteiger partial charge in [-0.15, -0.1) is 0 Å². The number of pyridine rings is 1. The molecule has 0 aromatic carbocycles. The summed E-state index contributed by atoms with van der Waals surface area (Å²) in [4.78, 5) is 3.69. The summed E-state index contributed by atoms with van der Waals surface area (Å²) in [6, 6.07) is 2.98. The summed E-state index contributed by atoms with van der Waals surface area (Å²) in [6.45, 7) is 1.76. The third-order valence-corrected chi connectivity index (χ3v) is 2.35. The van der Waals surface area contributed by atoms with Crippen LogP contribution in [0.25, 0.3) is 0 Å². The van der Waals surface area contributed by atoms with Crippen molar-refractivity contribution in [3.05, 3.63) is 23.8 Å². The number of nitrogens with zero attached hydrogens (tertiary/aromatic N) is 1. The SMILES string of the molecule is Cc1nc(F)ccc1OC1CCC1. The fourth-order valence-electron chi connectivity index (χ4n) is 1.31. The van der Waals surface area contributed by atoms with Gasteiger partial charge < -0.3 is 4.74 Å². The highest BCUT2D eigenvalue weighted by Crippen LogP contribution is 2.26. The molecule has 0 unspecified atom stereocenters. The Labute approximate surface area is 76.7 Å². The van der Waals surface area contributed by atoms with Crippen molar-refractivity contribution in [3.8, 4) is 5.75 Å². The first-order chi connectivity index (χ1) is 6.25. The minimum atomic E-state index is -0.446. The van der Waals surface area contributed by atoms with E-state index in [1.54, 1.807) is 13.0 Å². The van der Waals surface area contributed by atoms with Gasteiger partial charge in [0, 0.05) is 0 Å². The van der Waals surface area contributed by atoms with Gasteiger partial charge >= 0.3 is 0 Å². The zero-order valence-electron chi connectivity index (χ0n) is 7.59. The number of aromatic nitrogens is 1. The molecule has 3 heteroatoms. The van der Waals surface area contributed by atoms with Crippen LogP contribution in [0.4, 0.5) is 4.39 Å². The molecule has 0 bridgehead atoms. The van der Waals surface area contributed by atoms with Crippen molar-refractivity contribution >= 4 is 0 Å². The fraction of sp³-hybridized carbons (Fsp3) is 0.500. The molecule has 1 heterocycles. The van der Waals surface area contributed by atoms with Crippen LogP contribution in [0.1, 0.15) is 25.0 Å². The molecule has 1 fully saturated rings. The molecule has 0 N–H and O–H groups in total. The molecule has 0 aliphatic heterocycles. The van der Waals surface area contributed by atoms with Crippen LogP contribution < -0.4 is 4.74 Å². The first-order valence-corrected chi connectivity index (χ1v) is 4.55. The standard InChI is InChI=1S/C10H12FNO/c1-7-9(5-6-10(11)12-7)13-8-3-2-4-8/h5-6,8H,2-4H2,1H3. The van der Waals surface area contributed by atoms with Gasteiger partial charge in [-0.3, -0.25) is 0 Å². The molecule has 1 aromatic heterocycles. The molecule has 70 valence electrons. The zero-order chi connectivity index (χ0) is 9.26. The Morgan fingerprint density at radius 3 is 2.77 bits per heavy atom. The lowest BCUT2D eigenvalue weighted by atomic mass is 9.96. The first-order valence-electron chi connectivity index (χ1n) is 4.55. The van der Waals surface area contributed by atoms with Crippen molar-refractivity contribution in [1.29, 1.82) is 0 Å². The number of aryl methyl sites for hydroxylation is 1. The van der Waals surface area contributed by atoms with Crippen LogP contribution in [-0.2, 0) is 0 Å². The molecule has 0 spiro atoms. The van der Waals surface area contributed by atoms with Gasteiger partial charge in [-0.25, -0.2) is 4.98 Å². The summed E-state index contributed by atoms with van der Waals surface area (Å²) in [5, 5.41) is 0. The topological polar surface area (TPSA) is 22.1 Å². The van der Waals surface area contributed by atoms with Crippen LogP contribution >= 0.6 is 0 Å². The first kappa shape index (κ1) is 8.48. The average molecular weight is 181 g/mol. The van der Waals surface area contributed by atoms with Gasteiger partial charge in [0.25, 0.3) is 0 Å². The molecule has 2 rings (SSSR count). The normalized spacial score (nSPS) is 16.8. The molecule has 1 aromatic rings. The van der Waals surface area contributed by atoms with Crippen LogP contribution in [0.2, 0.25) is 0 Å². The second kappa shape index (κ2) is 3.32. The van der Waals surface area contributed by atoms with Gasteiger partial charge in [-0.2, -0.15) is 4.39 Å². The Balaban J connectivity index is 2.10. The van der Waals surface area contributed by atoms with E-state index in [2.05, 4.69) is 4.98 Å². The Morgan fingerprint density at radius 1 is 1.46 bits per heavy atom. The largest absolute Gasteiger partial charge is 0.489 e. The van der Waals surface area contributed by atoms with Gasteiger partial charge in [0.05, 0.1) is 11.8 Å². The van der Waals surface area contributed by atoms with E-state index in [-0.39, 0.29) is 0 Å². The summed E-state index contributed by atoms with van der Waals surface area (Å²) >= 11 is 0. The predicted octanol–water partition coefficient (Wildman–Crippen LogP) is 2.46. The van der Waals surface area contributed by atoms with E-state index < -0.39 is 5.95 Å². The lowest BCUT2D eigenvalue weighted by molar-refractivity contribution is 0.118. The molecule has 0 atom stereocenters. The van der Waals surface area contributed by atoms with Crippen molar-refractivity contribution in [1.82, 2.24) is 4.98 Å². The summed E-state index contributed by atoms with van der Waals surface area (Å²) in [7, 11) is 0. The molecule has 0 saturated heterocycles. The summed E-state index contributed by atoms with van der Waals surface area (Å²) in [5.74, 6) is 0.268. The minimum absolute atomic E-state index is 0.325. The molecule has 0 radical (unpaired) electrons. The summed E-state index contributed by atoms with van der Waals surface area (Å²) < 4.78 is 18.2. The van der Waals surface area contributed by atoms with Crippen molar-refractivity contribution in [3.63, 3.8) is 0 Å². The van der Waals surface area contributed by atoms with Gasteiger partial charge in [0.2, 0.25) is 5.95 Å². The number of hydrogen-bond donors (Lipinski definition) is 0. The smallest absolute Gasteiger partial charge is 0.213 e. The lowest BCUT2D eigenvalue weighted by Crippen LogP contribution is -2.25.